The molecule has 0 bridgehead atoms. The van der Waals surface area contributed by atoms with Crippen molar-refractivity contribution in [3.63, 3.8) is 0 Å². The molecule has 0 fully saturated rings. The molecule has 1 atom stereocenters. The number of hydrogen-bond donors (Lipinski definition) is 0. The van der Waals surface area contributed by atoms with Crippen molar-refractivity contribution >= 4 is 17.7 Å². The average molecular weight is 248 g/mol. The minimum absolute atomic E-state index is 0.198. The zero-order chi connectivity index (χ0) is 13.2. The summed E-state index contributed by atoms with van der Waals surface area (Å²) in [5.74, 6) is -0.198. The monoisotopic (exact) mass is 248 g/mol. The van der Waals surface area contributed by atoms with E-state index in [0.29, 0.717) is 6.42 Å². The molecule has 2 aromatic rings. The van der Waals surface area contributed by atoms with E-state index in [2.05, 4.69) is 6.19 Å². The molecule has 0 spiro atoms. The number of hydrogen-bond acceptors (Lipinski definition) is 3. The minimum Gasteiger partial charge on any atom is -0.303 e. The minimum atomic E-state index is -0.198. The average Bonchev–Trinajstić information content (AvgIpc) is 2.61. The van der Waals surface area contributed by atoms with E-state index < -0.39 is 0 Å². The Kier molecular flexibility index (Phi) is 2.77. The molecule has 1 unspecified atom stereocenters. The van der Waals surface area contributed by atoms with Crippen molar-refractivity contribution in [1.29, 1.82) is 5.26 Å². The smallest absolute Gasteiger partial charge is 0.189 e. The van der Waals surface area contributed by atoms with Crippen LogP contribution >= 0.6 is 0 Å². The first-order valence-corrected chi connectivity index (χ1v) is 6.17. The zero-order valence-corrected chi connectivity index (χ0v) is 10.3. The number of nitriles is 1. The largest absolute Gasteiger partial charge is 0.303 e. The second kappa shape index (κ2) is 4.58. The molecule has 0 radical (unpaired) electrons. The Morgan fingerprint density at radius 1 is 1.11 bits per heavy atom. The molecule has 1 aliphatic rings. The normalized spacial score (nSPS) is 16.8. The summed E-state index contributed by atoms with van der Waals surface area (Å²) in [7, 11) is 0. The van der Waals surface area contributed by atoms with Crippen molar-refractivity contribution in [1.82, 2.24) is 0 Å². The summed E-state index contributed by atoms with van der Waals surface area (Å²) < 4.78 is 0. The van der Waals surface area contributed by atoms with Crippen molar-refractivity contribution in [2.75, 3.05) is 4.90 Å². The van der Waals surface area contributed by atoms with Gasteiger partial charge in [0.2, 0.25) is 0 Å². The quantitative estimate of drug-likeness (QED) is 0.575. The van der Waals surface area contributed by atoms with Gasteiger partial charge in [-0.25, -0.2) is 4.90 Å². The van der Waals surface area contributed by atoms with Gasteiger partial charge in [0, 0.05) is 5.92 Å². The van der Waals surface area contributed by atoms with Crippen molar-refractivity contribution in [3.05, 3.63) is 59.7 Å². The number of benzene rings is 2. The van der Waals surface area contributed by atoms with E-state index in [-0.39, 0.29) is 5.92 Å². The second-order valence-corrected chi connectivity index (χ2v) is 4.57. The summed E-state index contributed by atoms with van der Waals surface area (Å²) >= 11 is 0. The predicted molar refractivity (Wildman–Crippen MR) is 73.1 cm³/mol. The van der Waals surface area contributed by atoms with Crippen LogP contribution in [0.25, 0.3) is 0 Å². The molecule has 0 aromatic heterocycles. The first kappa shape index (κ1) is 11.5. The van der Waals surface area contributed by atoms with E-state index in [1.54, 1.807) is 4.90 Å². The Bertz CT molecular complexity index is 672. The van der Waals surface area contributed by atoms with E-state index in [1.165, 1.54) is 0 Å². The number of fused-ring (bicyclic) bond motifs is 2. The number of para-hydroxylation sites is 2. The standard InChI is InChI=1S/C16H12N2O/c17-11-18-15-7-3-1-5-12(15)9-13(10-19)14-6-2-4-8-16(14)18/h1-8,10,13H,9H2. The molecule has 3 heteroatoms. The van der Waals surface area contributed by atoms with Gasteiger partial charge >= 0.3 is 0 Å². The van der Waals surface area contributed by atoms with E-state index in [4.69, 9.17) is 0 Å². The van der Waals surface area contributed by atoms with E-state index in [0.717, 1.165) is 28.8 Å². The van der Waals surface area contributed by atoms with Crippen LogP contribution in [-0.2, 0) is 11.2 Å². The fraction of sp³-hybridized carbons (Fsp3) is 0.125. The van der Waals surface area contributed by atoms with Crippen molar-refractivity contribution in [3.8, 4) is 6.19 Å². The number of carbonyl (C=O) groups excluding carboxylic acids is 1. The van der Waals surface area contributed by atoms with Gasteiger partial charge in [-0.1, -0.05) is 36.4 Å². The SMILES string of the molecule is N#CN1c2ccccc2CC(C=O)c2ccccc21. The van der Waals surface area contributed by atoms with Gasteiger partial charge in [-0.2, -0.15) is 5.26 Å². The summed E-state index contributed by atoms with van der Waals surface area (Å²) in [5, 5.41) is 9.46. The molecule has 1 heterocycles. The lowest BCUT2D eigenvalue weighted by Crippen LogP contribution is -2.10. The lowest BCUT2D eigenvalue weighted by atomic mass is 9.93. The van der Waals surface area contributed by atoms with Crippen LogP contribution < -0.4 is 4.90 Å². The molecule has 3 nitrogen and oxygen atoms in total. The molecule has 0 saturated heterocycles. The third-order valence-corrected chi connectivity index (χ3v) is 3.51. The topological polar surface area (TPSA) is 44.1 Å². The van der Waals surface area contributed by atoms with Crippen molar-refractivity contribution in [2.24, 2.45) is 0 Å². The lowest BCUT2D eigenvalue weighted by molar-refractivity contribution is -0.109. The summed E-state index contributed by atoms with van der Waals surface area (Å²) in [6.45, 7) is 0. The van der Waals surface area contributed by atoms with Crippen LogP contribution in [0.1, 0.15) is 17.0 Å². The second-order valence-electron chi connectivity index (χ2n) is 4.57. The van der Waals surface area contributed by atoms with E-state index >= 15 is 0 Å². The molecule has 0 saturated carbocycles. The highest BCUT2D eigenvalue weighted by Gasteiger charge is 2.26. The Balaban J connectivity index is 2.29. The number of carbonyl (C=O) groups is 1. The molecule has 0 N–H and O–H groups in total. The fourth-order valence-electron chi connectivity index (χ4n) is 2.61. The predicted octanol–water partition coefficient (Wildman–Crippen LogP) is 3.14. The first-order chi connectivity index (χ1) is 9.35. The van der Waals surface area contributed by atoms with E-state index in [1.807, 2.05) is 48.5 Å². The molecule has 0 aliphatic carbocycles. The van der Waals surface area contributed by atoms with Crippen LogP contribution in [0, 0.1) is 11.5 Å². The van der Waals surface area contributed by atoms with Crippen LogP contribution in [0.5, 0.6) is 0 Å². The molecule has 92 valence electrons. The number of rotatable bonds is 1. The van der Waals surface area contributed by atoms with Gasteiger partial charge in [-0.05, 0) is 29.7 Å². The van der Waals surface area contributed by atoms with Crippen LogP contribution in [0.15, 0.2) is 48.5 Å². The number of anilines is 2. The maximum Gasteiger partial charge on any atom is 0.189 e. The first-order valence-electron chi connectivity index (χ1n) is 6.17. The lowest BCUT2D eigenvalue weighted by Gasteiger charge is -2.18. The van der Waals surface area contributed by atoms with Gasteiger partial charge in [0.15, 0.2) is 6.19 Å². The molecular formula is C16H12N2O. The zero-order valence-electron chi connectivity index (χ0n) is 10.3. The Morgan fingerprint density at radius 2 is 1.79 bits per heavy atom. The molecule has 3 rings (SSSR count). The van der Waals surface area contributed by atoms with Crippen molar-refractivity contribution in [2.45, 2.75) is 12.3 Å². The Labute approximate surface area is 111 Å². The fourth-order valence-corrected chi connectivity index (χ4v) is 2.61. The summed E-state index contributed by atoms with van der Waals surface area (Å²) in [6.07, 6.45) is 3.82. The van der Waals surface area contributed by atoms with Crippen LogP contribution in [0.3, 0.4) is 0 Å². The van der Waals surface area contributed by atoms with Crippen LogP contribution in [0.4, 0.5) is 11.4 Å². The third-order valence-electron chi connectivity index (χ3n) is 3.51. The highest BCUT2D eigenvalue weighted by Crippen LogP contribution is 2.39. The number of nitrogens with zero attached hydrogens (tertiary/aromatic N) is 2. The third kappa shape index (κ3) is 1.78. The van der Waals surface area contributed by atoms with Gasteiger partial charge in [0.05, 0.1) is 11.4 Å². The molecular weight excluding hydrogens is 236 g/mol. The summed E-state index contributed by atoms with van der Waals surface area (Å²) in [6, 6.07) is 15.3. The molecule has 2 aromatic carbocycles. The number of aldehydes is 1. The van der Waals surface area contributed by atoms with Gasteiger partial charge in [0.1, 0.15) is 6.29 Å². The van der Waals surface area contributed by atoms with Crippen LogP contribution in [-0.4, -0.2) is 6.29 Å². The highest BCUT2D eigenvalue weighted by molar-refractivity contribution is 5.79. The van der Waals surface area contributed by atoms with Gasteiger partial charge < -0.3 is 4.79 Å². The highest BCUT2D eigenvalue weighted by atomic mass is 16.1. The van der Waals surface area contributed by atoms with Gasteiger partial charge in [-0.15, -0.1) is 0 Å². The Hall–Kier alpha value is -2.60. The van der Waals surface area contributed by atoms with Gasteiger partial charge in [0.25, 0.3) is 0 Å². The summed E-state index contributed by atoms with van der Waals surface area (Å²) in [4.78, 5) is 13.0. The van der Waals surface area contributed by atoms with Gasteiger partial charge in [-0.3, -0.25) is 0 Å². The molecule has 19 heavy (non-hydrogen) atoms. The molecule has 1 aliphatic heterocycles. The maximum absolute atomic E-state index is 11.4. The molecule has 0 amide bonds. The van der Waals surface area contributed by atoms with E-state index in [9.17, 15) is 10.1 Å². The summed E-state index contributed by atoms with van der Waals surface area (Å²) in [5.41, 5.74) is 3.60. The Morgan fingerprint density at radius 3 is 2.53 bits per heavy atom. The van der Waals surface area contributed by atoms with Crippen molar-refractivity contribution < 1.29 is 4.79 Å². The maximum atomic E-state index is 11.4. The van der Waals surface area contributed by atoms with Crippen LogP contribution in [0.2, 0.25) is 0 Å².